The molecule has 0 aliphatic heterocycles. The zero-order valence-electron chi connectivity index (χ0n) is 9.33. The largest absolute Gasteiger partial charge is 0.308 e. The summed E-state index contributed by atoms with van der Waals surface area (Å²) >= 11 is 0. The third-order valence-electron chi connectivity index (χ3n) is 2.21. The van der Waals surface area contributed by atoms with Crippen LogP contribution in [0.25, 0.3) is 5.57 Å². The Morgan fingerprint density at radius 3 is 2.69 bits per heavy atom. The first kappa shape index (κ1) is 12.0. The van der Waals surface area contributed by atoms with Crippen molar-refractivity contribution < 1.29 is 0 Å². The maximum Gasteiger partial charge on any atom is 0.151 e. The van der Waals surface area contributed by atoms with Gasteiger partial charge in [-0.05, 0) is 30.3 Å². The summed E-state index contributed by atoms with van der Waals surface area (Å²) in [5, 5.41) is 14.9. The van der Waals surface area contributed by atoms with E-state index in [1.54, 1.807) is 0 Å². The normalized spacial score (nSPS) is 10.9. The summed E-state index contributed by atoms with van der Waals surface area (Å²) in [6, 6.07) is 7.45. The quantitative estimate of drug-likeness (QED) is 0.570. The fraction of sp³-hybridized carbons (Fsp3) is 0.154. The second-order valence-electron chi connectivity index (χ2n) is 3.30. The van der Waals surface area contributed by atoms with E-state index < -0.39 is 0 Å². The van der Waals surface area contributed by atoms with E-state index in [1.807, 2.05) is 37.3 Å². The lowest BCUT2D eigenvalue weighted by Crippen LogP contribution is -1.95. The van der Waals surface area contributed by atoms with Gasteiger partial charge in [0.25, 0.3) is 0 Å². The second kappa shape index (κ2) is 5.75. The molecular weight excluding hydrogens is 198 g/mol. The highest BCUT2D eigenvalue weighted by atomic mass is 14.8. The van der Waals surface area contributed by atoms with Crippen molar-refractivity contribution in [2.75, 3.05) is 0 Å². The minimum Gasteiger partial charge on any atom is -0.308 e. The van der Waals surface area contributed by atoms with Crippen molar-refractivity contribution in [2.45, 2.75) is 13.3 Å². The molecule has 16 heavy (non-hydrogen) atoms. The predicted octanol–water partition coefficient (Wildman–Crippen LogP) is 3.16. The van der Waals surface area contributed by atoms with Gasteiger partial charge in [0.1, 0.15) is 0 Å². The Balaban J connectivity index is 3.16. The molecule has 0 aromatic heterocycles. The van der Waals surface area contributed by atoms with Crippen molar-refractivity contribution in [3.8, 4) is 0 Å². The molecule has 2 N–H and O–H groups in total. The summed E-state index contributed by atoms with van der Waals surface area (Å²) in [7, 11) is 0. The topological polar surface area (TPSA) is 60.1 Å². The van der Waals surface area contributed by atoms with Gasteiger partial charge in [-0.2, -0.15) is 0 Å². The Hall–Kier alpha value is -2.03. The number of allylic oxidation sites excluding steroid dienone is 2. The molecule has 3 nitrogen and oxygen atoms in total. The highest BCUT2D eigenvalue weighted by Crippen LogP contribution is 2.15. The Morgan fingerprint density at radius 2 is 2.12 bits per heavy atom. The molecule has 1 aromatic carbocycles. The van der Waals surface area contributed by atoms with E-state index >= 15 is 0 Å². The number of hydrogen-bond donors (Lipinski definition) is 2. The predicted molar refractivity (Wildman–Crippen MR) is 69.9 cm³/mol. The molecule has 0 amide bonds. The molecule has 1 aromatic rings. The number of nitrogens with one attached hydrogen (secondary N) is 2. The first-order chi connectivity index (χ1) is 7.72. The lowest BCUT2D eigenvalue weighted by molar-refractivity contribution is 1.23. The van der Waals surface area contributed by atoms with Crippen molar-refractivity contribution in [3.05, 3.63) is 41.5 Å². The summed E-state index contributed by atoms with van der Waals surface area (Å²) in [5.74, 6) is 0.155. The van der Waals surface area contributed by atoms with Crippen LogP contribution in [0.15, 0.2) is 35.3 Å². The van der Waals surface area contributed by atoms with Gasteiger partial charge in [-0.15, -0.1) is 0 Å². The number of rotatable bonds is 4. The molecule has 0 saturated carbocycles. The molecular formula is C13H15N3. The average Bonchev–Trinajstić information content (AvgIpc) is 2.35. The van der Waals surface area contributed by atoms with Crippen molar-refractivity contribution >= 4 is 24.3 Å². The van der Waals surface area contributed by atoms with Gasteiger partial charge in [0.15, 0.2) is 5.84 Å². The van der Waals surface area contributed by atoms with Crippen LogP contribution in [-0.4, -0.2) is 18.8 Å². The smallest absolute Gasteiger partial charge is 0.151 e. The zero-order valence-corrected chi connectivity index (χ0v) is 9.33. The highest BCUT2D eigenvalue weighted by molar-refractivity contribution is 6.09. The lowest BCUT2D eigenvalue weighted by atomic mass is 10.0. The third kappa shape index (κ3) is 2.73. The van der Waals surface area contributed by atoms with E-state index in [2.05, 4.69) is 11.7 Å². The summed E-state index contributed by atoms with van der Waals surface area (Å²) in [6.45, 7) is 5.36. The van der Waals surface area contributed by atoms with Gasteiger partial charge in [0, 0.05) is 11.8 Å². The van der Waals surface area contributed by atoms with Crippen molar-refractivity contribution in [3.63, 3.8) is 0 Å². The van der Waals surface area contributed by atoms with Gasteiger partial charge in [0.05, 0.1) is 0 Å². The molecule has 3 heteroatoms. The molecule has 1 rings (SSSR count). The van der Waals surface area contributed by atoms with Crippen LogP contribution in [0.2, 0.25) is 0 Å². The van der Waals surface area contributed by atoms with E-state index in [0.717, 1.165) is 23.1 Å². The van der Waals surface area contributed by atoms with Gasteiger partial charge in [-0.3, -0.25) is 5.41 Å². The molecule has 0 radical (unpaired) electrons. The molecule has 0 atom stereocenters. The summed E-state index contributed by atoms with van der Waals surface area (Å²) in [5.41, 5.74) is 2.51. The molecule has 0 saturated heterocycles. The van der Waals surface area contributed by atoms with E-state index in [1.165, 1.54) is 6.21 Å². The number of aliphatic imine (C=N–C) groups is 1. The second-order valence-corrected chi connectivity index (χ2v) is 3.30. The maximum atomic E-state index is 7.57. The van der Waals surface area contributed by atoms with E-state index in [4.69, 9.17) is 10.8 Å². The van der Waals surface area contributed by atoms with Gasteiger partial charge in [-0.25, -0.2) is 4.99 Å². The van der Waals surface area contributed by atoms with Crippen LogP contribution < -0.4 is 0 Å². The minimum absolute atomic E-state index is 0.155. The van der Waals surface area contributed by atoms with Gasteiger partial charge in [0.2, 0.25) is 0 Å². The van der Waals surface area contributed by atoms with E-state index in [9.17, 15) is 0 Å². The van der Waals surface area contributed by atoms with Gasteiger partial charge < -0.3 is 5.41 Å². The lowest BCUT2D eigenvalue weighted by Gasteiger charge is -2.04. The summed E-state index contributed by atoms with van der Waals surface area (Å²) in [4.78, 5) is 3.59. The summed E-state index contributed by atoms with van der Waals surface area (Å²) < 4.78 is 0. The van der Waals surface area contributed by atoms with Gasteiger partial charge in [-0.1, -0.05) is 31.2 Å². The molecule has 0 bridgehead atoms. The molecule has 0 heterocycles. The van der Waals surface area contributed by atoms with E-state index in [-0.39, 0.29) is 5.84 Å². The first-order valence-corrected chi connectivity index (χ1v) is 5.09. The highest BCUT2D eigenvalue weighted by Gasteiger charge is 2.02. The molecule has 0 unspecified atom stereocenters. The van der Waals surface area contributed by atoms with Crippen LogP contribution >= 0.6 is 0 Å². The molecule has 0 aliphatic rings. The SMILES string of the molecule is C=NC(=N)c1cccc(/C(C=N)=C/CC)c1. The number of hydrogen-bond acceptors (Lipinski definition) is 2. The fourth-order valence-electron chi connectivity index (χ4n) is 1.42. The first-order valence-electron chi connectivity index (χ1n) is 5.09. The van der Waals surface area contributed by atoms with Crippen molar-refractivity contribution in [2.24, 2.45) is 4.99 Å². The molecule has 0 fully saturated rings. The van der Waals surface area contributed by atoms with Crippen LogP contribution in [0, 0.1) is 10.8 Å². The number of benzene rings is 1. The molecule has 0 spiro atoms. The van der Waals surface area contributed by atoms with Crippen molar-refractivity contribution in [1.82, 2.24) is 0 Å². The van der Waals surface area contributed by atoms with Crippen LogP contribution in [0.1, 0.15) is 24.5 Å². The zero-order chi connectivity index (χ0) is 12.0. The van der Waals surface area contributed by atoms with Crippen molar-refractivity contribution in [1.29, 1.82) is 10.8 Å². The fourth-order valence-corrected chi connectivity index (χ4v) is 1.42. The Bertz CT molecular complexity index is 444. The summed E-state index contributed by atoms with van der Waals surface area (Å²) in [6.07, 6.45) is 4.19. The van der Waals surface area contributed by atoms with E-state index in [0.29, 0.717) is 0 Å². The molecule has 0 aliphatic carbocycles. The Labute approximate surface area is 95.6 Å². The van der Waals surface area contributed by atoms with Crippen LogP contribution in [-0.2, 0) is 0 Å². The minimum atomic E-state index is 0.155. The average molecular weight is 213 g/mol. The van der Waals surface area contributed by atoms with Crippen LogP contribution in [0.4, 0.5) is 0 Å². The Kier molecular flexibility index (Phi) is 4.33. The van der Waals surface area contributed by atoms with Gasteiger partial charge >= 0.3 is 0 Å². The number of amidine groups is 1. The third-order valence-corrected chi connectivity index (χ3v) is 2.21. The molecule has 82 valence electrons. The monoisotopic (exact) mass is 213 g/mol. The van der Waals surface area contributed by atoms with Crippen LogP contribution in [0.3, 0.4) is 0 Å². The standard InChI is InChI=1S/C13H15N3/c1-3-5-12(9-14)10-6-4-7-11(8-10)13(15)16-2/h4-9,14-15H,2-3H2,1H3/b12-5+,14-9?,15-13?. The Morgan fingerprint density at radius 1 is 1.44 bits per heavy atom. The maximum absolute atomic E-state index is 7.57. The van der Waals surface area contributed by atoms with Crippen LogP contribution in [0.5, 0.6) is 0 Å². The number of nitrogens with zero attached hydrogens (tertiary/aromatic N) is 1.